The van der Waals surface area contributed by atoms with Crippen molar-refractivity contribution in [2.75, 3.05) is 18.0 Å². The van der Waals surface area contributed by atoms with Crippen molar-refractivity contribution in [2.24, 2.45) is 23.2 Å². The number of rotatable bonds is 6. The van der Waals surface area contributed by atoms with Gasteiger partial charge in [-0.1, -0.05) is 0 Å². The van der Waals surface area contributed by atoms with Crippen molar-refractivity contribution in [3.63, 3.8) is 0 Å². The van der Waals surface area contributed by atoms with Crippen LogP contribution in [0.3, 0.4) is 0 Å². The van der Waals surface area contributed by atoms with E-state index in [0.717, 1.165) is 61.1 Å². The Labute approximate surface area is 165 Å². The topological polar surface area (TPSA) is 66.5 Å². The van der Waals surface area contributed by atoms with E-state index in [1.54, 1.807) is 11.0 Å². The molecule has 0 radical (unpaired) electrons. The highest BCUT2D eigenvalue weighted by Crippen LogP contribution is 2.60. The molecule has 0 spiro atoms. The van der Waals surface area contributed by atoms with Gasteiger partial charge in [0.1, 0.15) is 0 Å². The van der Waals surface area contributed by atoms with Crippen LogP contribution in [0.2, 0.25) is 0 Å². The van der Waals surface area contributed by atoms with Gasteiger partial charge in [-0.25, -0.2) is 0 Å². The number of fused-ring (bicyclic) bond motifs is 1. The van der Waals surface area contributed by atoms with Crippen molar-refractivity contribution in [3.05, 3.63) is 29.3 Å². The molecule has 4 saturated carbocycles. The average molecular weight is 380 g/mol. The summed E-state index contributed by atoms with van der Waals surface area (Å²) in [6.07, 6.45) is 9.09. The Bertz CT molecular complexity index is 796. The number of hydrogen-bond donors (Lipinski definition) is 1. The van der Waals surface area contributed by atoms with Gasteiger partial charge in [0.15, 0.2) is 5.78 Å². The maximum Gasteiger partial charge on any atom is 0.226 e. The minimum absolute atomic E-state index is 0.0539. The number of carbonyl (C=O) groups is 3. The Morgan fingerprint density at radius 1 is 1.11 bits per heavy atom. The van der Waals surface area contributed by atoms with Crippen molar-refractivity contribution in [1.29, 1.82) is 0 Å². The molecule has 1 aromatic carbocycles. The van der Waals surface area contributed by atoms with E-state index < -0.39 is 0 Å². The number of nitrogens with zero attached hydrogens (tertiary/aromatic N) is 1. The quantitative estimate of drug-likeness (QED) is 0.609. The normalized spacial score (nSPS) is 32.3. The van der Waals surface area contributed by atoms with Gasteiger partial charge in [-0.15, -0.1) is 0 Å². The molecule has 6 rings (SSSR count). The van der Waals surface area contributed by atoms with Gasteiger partial charge >= 0.3 is 0 Å². The number of nitrogens with one attached hydrogen (secondary N) is 1. The van der Waals surface area contributed by atoms with E-state index in [0.29, 0.717) is 25.1 Å². The predicted molar refractivity (Wildman–Crippen MR) is 106 cm³/mol. The van der Waals surface area contributed by atoms with Gasteiger partial charge in [-0.3, -0.25) is 14.4 Å². The molecule has 1 heterocycles. The van der Waals surface area contributed by atoms with E-state index in [1.165, 1.54) is 19.3 Å². The van der Waals surface area contributed by atoms with E-state index in [1.807, 2.05) is 12.1 Å². The standard InChI is InChI=1S/C23H28N2O3/c26-14-25-6-4-18-10-19(1-2-20(18)25)21(27)3-5-24-22(28)23-11-15-7-16(12-23)9-17(8-15)13-23/h1-2,10,14-17H,3-9,11-13H2,(H,24,28). The summed E-state index contributed by atoms with van der Waals surface area (Å²) in [7, 11) is 0. The summed E-state index contributed by atoms with van der Waals surface area (Å²) >= 11 is 0. The van der Waals surface area contributed by atoms with Crippen LogP contribution < -0.4 is 10.2 Å². The monoisotopic (exact) mass is 380 g/mol. The lowest BCUT2D eigenvalue weighted by atomic mass is 9.49. The van der Waals surface area contributed by atoms with Crippen LogP contribution in [-0.4, -0.2) is 31.2 Å². The molecule has 2 amide bonds. The fourth-order valence-electron chi connectivity index (χ4n) is 6.72. The zero-order valence-corrected chi connectivity index (χ0v) is 16.3. The van der Waals surface area contributed by atoms with Crippen LogP contribution in [0.15, 0.2) is 18.2 Å². The number of benzene rings is 1. The van der Waals surface area contributed by atoms with E-state index in [4.69, 9.17) is 0 Å². The number of anilines is 1. The molecule has 5 heteroatoms. The van der Waals surface area contributed by atoms with Crippen LogP contribution in [-0.2, 0) is 16.0 Å². The second-order valence-electron chi connectivity index (χ2n) is 9.52. The van der Waals surface area contributed by atoms with Crippen molar-refractivity contribution in [1.82, 2.24) is 5.32 Å². The first-order valence-corrected chi connectivity index (χ1v) is 10.7. The Morgan fingerprint density at radius 2 is 1.79 bits per heavy atom. The third-order valence-corrected chi connectivity index (χ3v) is 7.62. The van der Waals surface area contributed by atoms with Crippen LogP contribution in [0, 0.1) is 23.2 Å². The first-order chi connectivity index (χ1) is 13.6. The Balaban J connectivity index is 1.18. The molecule has 0 aromatic heterocycles. The summed E-state index contributed by atoms with van der Waals surface area (Å²) < 4.78 is 0. The first-order valence-electron chi connectivity index (χ1n) is 10.7. The van der Waals surface area contributed by atoms with Crippen LogP contribution in [0.4, 0.5) is 5.69 Å². The highest BCUT2D eigenvalue weighted by Gasteiger charge is 2.54. The molecular weight excluding hydrogens is 352 g/mol. The molecule has 1 aliphatic heterocycles. The number of ketones is 1. The summed E-state index contributed by atoms with van der Waals surface area (Å²) in [5.41, 5.74) is 2.48. The number of amides is 2. The highest BCUT2D eigenvalue weighted by molar-refractivity contribution is 5.97. The molecule has 5 nitrogen and oxygen atoms in total. The molecule has 0 saturated heterocycles. The summed E-state index contributed by atoms with van der Waals surface area (Å²) in [5, 5.41) is 3.09. The third-order valence-electron chi connectivity index (χ3n) is 7.62. The largest absolute Gasteiger partial charge is 0.355 e. The van der Waals surface area contributed by atoms with Gasteiger partial charge < -0.3 is 10.2 Å². The van der Waals surface area contributed by atoms with Gasteiger partial charge in [0.2, 0.25) is 12.3 Å². The zero-order valence-electron chi connectivity index (χ0n) is 16.3. The molecule has 4 aliphatic carbocycles. The Kier molecular flexibility index (Phi) is 4.29. The van der Waals surface area contributed by atoms with E-state index in [9.17, 15) is 14.4 Å². The SMILES string of the molecule is O=CN1CCc2cc(C(=O)CCNC(=O)C34CC5CC(CC(C5)C3)C4)ccc21. The van der Waals surface area contributed by atoms with Crippen LogP contribution >= 0.6 is 0 Å². The Hall–Kier alpha value is -2.17. The smallest absolute Gasteiger partial charge is 0.226 e. The van der Waals surface area contributed by atoms with Gasteiger partial charge in [-0.2, -0.15) is 0 Å². The van der Waals surface area contributed by atoms with Crippen molar-refractivity contribution in [3.8, 4) is 0 Å². The molecular formula is C23H28N2O3. The summed E-state index contributed by atoms with van der Waals surface area (Å²) in [4.78, 5) is 38.3. The lowest BCUT2D eigenvalue weighted by Gasteiger charge is -2.55. The van der Waals surface area contributed by atoms with Crippen LogP contribution in [0.25, 0.3) is 0 Å². The van der Waals surface area contributed by atoms with E-state index in [2.05, 4.69) is 5.32 Å². The molecule has 4 bridgehead atoms. The zero-order chi connectivity index (χ0) is 19.3. The van der Waals surface area contributed by atoms with Gasteiger partial charge in [0.25, 0.3) is 0 Å². The minimum Gasteiger partial charge on any atom is -0.355 e. The maximum absolute atomic E-state index is 13.0. The summed E-state index contributed by atoms with van der Waals surface area (Å²) in [6, 6.07) is 5.56. The maximum atomic E-state index is 13.0. The fraction of sp³-hybridized carbons (Fsp3) is 0.609. The molecule has 4 fully saturated rings. The van der Waals surface area contributed by atoms with Crippen LogP contribution in [0.5, 0.6) is 0 Å². The first kappa shape index (κ1) is 17.9. The molecule has 5 aliphatic rings. The lowest BCUT2D eigenvalue weighted by Crippen LogP contribution is -2.53. The molecule has 1 N–H and O–H groups in total. The second-order valence-corrected chi connectivity index (χ2v) is 9.52. The molecule has 0 atom stereocenters. The highest BCUT2D eigenvalue weighted by atomic mass is 16.2. The molecule has 1 aromatic rings. The predicted octanol–water partition coefficient (Wildman–Crippen LogP) is 3.11. The number of hydrogen-bond acceptors (Lipinski definition) is 3. The minimum atomic E-state index is -0.149. The van der Waals surface area contributed by atoms with E-state index >= 15 is 0 Å². The van der Waals surface area contributed by atoms with Crippen molar-refractivity contribution < 1.29 is 14.4 Å². The lowest BCUT2D eigenvalue weighted by molar-refractivity contribution is -0.146. The fourth-order valence-corrected chi connectivity index (χ4v) is 6.72. The van der Waals surface area contributed by atoms with E-state index in [-0.39, 0.29) is 17.1 Å². The third kappa shape index (κ3) is 2.96. The number of carbonyl (C=O) groups excluding carboxylic acids is 3. The molecule has 148 valence electrons. The molecule has 0 unspecified atom stereocenters. The number of Topliss-reactive ketones (excluding diaryl/α,β-unsaturated/α-hetero) is 1. The van der Waals surface area contributed by atoms with Gasteiger partial charge in [-0.05, 0) is 86.5 Å². The summed E-state index contributed by atoms with van der Waals surface area (Å²) in [5.74, 6) is 2.48. The average Bonchev–Trinajstić information content (AvgIpc) is 3.09. The van der Waals surface area contributed by atoms with Crippen molar-refractivity contribution >= 4 is 23.8 Å². The second kappa shape index (κ2) is 6.71. The Morgan fingerprint density at radius 3 is 2.43 bits per heavy atom. The van der Waals surface area contributed by atoms with Gasteiger partial charge in [0.05, 0.1) is 0 Å². The molecule has 28 heavy (non-hydrogen) atoms. The summed E-state index contributed by atoms with van der Waals surface area (Å²) in [6.45, 7) is 1.09. The van der Waals surface area contributed by atoms with Crippen LogP contribution in [0.1, 0.15) is 60.9 Å². The van der Waals surface area contributed by atoms with Crippen molar-refractivity contribution in [2.45, 2.75) is 51.4 Å². The van der Waals surface area contributed by atoms with Gasteiger partial charge in [0, 0.05) is 36.2 Å².